The molecule has 3 aromatic rings. The number of nitrogens with zero attached hydrogens (tertiary/aromatic N) is 1. The zero-order valence-electron chi connectivity index (χ0n) is 16.2. The molecule has 0 aromatic heterocycles. The summed E-state index contributed by atoms with van der Waals surface area (Å²) in [5, 5.41) is 2.95. The first-order valence-corrected chi connectivity index (χ1v) is 9.54. The highest BCUT2D eigenvalue weighted by molar-refractivity contribution is 6.04. The summed E-state index contributed by atoms with van der Waals surface area (Å²) in [5.41, 5.74) is 3.19. The van der Waals surface area contributed by atoms with Crippen molar-refractivity contribution >= 4 is 17.5 Å². The molecule has 146 valence electrons. The Hall–Kier alpha value is -3.60. The van der Waals surface area contributed by atoms with Gasteiger partial charge in [-0.3, -0.25) is 9.59 Å². The molecule has 3 aromatic carbocycles. The van der Waals surface area contributed by atoms with Crippen LogP contribution in [0.1, 0.15) is 21.5 Å². The highest BCUT2D eigenvalue weighted by Gasteiger charge is 2.36. The third-order valence-corrected chi connectivity index (χ3v) is 5.16. The van der Waals surface area contributed by atoms with E-state index in [1.54, 1.807) is 24.1 Å². The van der Waals surface area contributed by atoms with Crippen molar-refractivity contribution in [3.05, 3.63) is 95.6 Å². The van der Waals surface area contributed by atoms with E-state index >= 15 is 0 Å². The number of ether oxygens (including phenoxy) is 1. The summed E-state index contributed by atoms with van der Waals surface area (Å²) in [5.74, 6) is 0.228. The topological polar surface area (TPSA) is 58.6 Å². The fourth-order valence-electron chi connectivity index (χ4n) is 3.67. The van der Waals surface area contributed by atoms with Gasteiger partial charge in [0.1, 0.15) is 11.8 Å². The quantitative estimate of drug-likeness (QED) is 0.699. The third kappa shape index (κ3) is 3.85. The molecule has 1 N–H and O–H groups in total. The summed E-state index contributed by atoms with van der Waals surface area (Å²) in [7, 11) is 1.56. The lowest BCUT2D eigenvalue weighted by Crippen LogP contribution is -2.45. The molecule has 0 radical (unpaired) electrons. The molecule has 0 bridgehead atoms. The van der Waals surface area contributed by atoms with Gasteiger partial charge in [0.2, 0.25) is 5.91 Å². The van der Waals surface area contributed by atoms with Crippen LogP contribution in [0.2, 0.25) is 0 Å². The second-order valence-corrected chi connectivity index (χ2v) is 6.99. The standard InChI is InChI=1S/C24H22N2O3/c1-29-22-14-8-7-13-20(22)25-23(27)21(15-17-9-3-2-4-10-17)26-16-18-11-5-6-12-19(18)24(26)28/h2-14,21H,15-16H2,1H3,(H,25,27)/t21-/m0/s1. The molecular weight excluding hydrogens is 364 g/mol. The number of rotatable bonds is 6. The van der Waals surface area contributed by atoms with Crippen LogP contribution in [0.3, 0.4) is 0 Å². The maximum Gasteiger partial charge on any atom is 0.255 e. The average molecular weight is 386 g/mol. The number of methoxy groups -OCH3 is 1. The van der Waals surface area contributed by atoms with Crippen molar-refractivity contribution in [2.45, 2.75) is 19.0 Å². The summed E-state index contributed by atoms with van der Waals surface area (Å²) in [6, 6.07) is 23.9. The van der Waals surface area contributed by atoms with E-state index in [0.717, 1.165) is 11.1 Å². The van der Waals surface area contributed by atoms with Gasteiger partial charge in [0.25, 0.3) is 5.91 Å². The number of amides is 2. The highest BCUT2D eigenvalue weighted by Crippen LogP contribution is 2.28. The number of hydrogen-bond donors (Lipinski definition) is 1. The molecule has 0 spiro atoms. The minimum atomic E-state index is -0.637. The Labute approximate surface area is 169 Å². The first-order valence-electron chi connectivity index (χ1n) is 9.54. The van der Waals surface area contributed by atoms with Gasteiger partial charge < -0.3 is 15.0 Å². The molecule has 0 saturated carbocycles. The lowest BCUT2D eigenvalue weighted by molar-refractivity contribution is -0.120. The van der Waals surface area contributed by atoms with Gasteiger partial charge in [-0.15, -0.1) is 0 Å². The zero-order valence-corrected chi connectivity index (χ0v) is 16.2. The Morgan fingerprint density at radius 3 is 2.45 bits per heavy atom. The van der Waals surface area contributed by atoms with Crippen molar-refractivity contribution < 1.29 is 14.3 Å². The number of anilines is 1. The lowest BCUT2D eigenvalue weighted by atomic mass is 10.0. The van der Waals surface area contributed by atoms with Gasteiger partial charge in [-0.2, -0.15) is 0 Å². The monoisotopic (exact) mass is 386 g/mol. The maximum atomic E-state index is 13.3. The van der Waals surface area contributed by atoms with E-state index in [1.807, 2.05) is 66.7 Å². The normalized spacial score (nSPS) is 13.7. The first-order chi connectivity index (χ1) is 14.2. The largest absolute Gasteiger partial charge is 0.495 e. The number of para-hydroxylation sites is 2. The number of carbonyl (C=O) groups excluding carboxylic acids is 2. The SMILES string of the molecule is COc1ccccc1NC(=O)[C@H](Cc1ccccc1)N1Cc2ccccc2C1=O. The molecule has 0 aliphatic carbocycles. The van der Waals surface area contributed by atoms with E-state index in [0.29, 0.717) is 30.0 Å². The molecule has 1 heterocycles. The third-order valence-electron chi connectivity index (χ3n) is 5.16. The number of hydrogen-bond acceptors (Lipinski definition) is 3. The fourth-order valence-corrected chi connectivity index (χ4v) is 3.67. The lowest BCUT2D eigenvalue weighted by Gasteiger charge is -2.27. The van der Waals surface area contributed by atoms with Crippen molar-refractivity contribution in [3.8, 4) is 5.75 Å². The Morgan fingerprint density at radius 2 is 1.69 bits per heavy atom. The minimum Gasteiger partial charge on any atom is -0.495 e. The van der Waals surface area contributed by atoms with Crippen molar-refractivity contribution in [3.63, 3.8) is 0 Å². The molecule has 29 heavy (non-hydrogen) atoms. The van der Waals surface area contributed by atoms with Crippen molar-refractivity contribution in [2.24, 2.45) is 0 Å². The molecule has 1 aliphatic heterocycles. The van der Waals surface area contributed by atoms with Crippen LogP contribution in [0, 0.1) is 0 Å². The zero-order chi connectivity index (χ0) is 20.2. The van der Waals surface area contributed by atoms with Crippen LogP contribution in [0.25, 0.3) is 0 Å². The van der Waals surface area contributed by atoms with Gasteiger partial charge in [0.15, 0.2) is 0 Å². The summed E-state index contributed by atoms with van der Waals surface area (Å²) in [6.45, 7) is 0.422. The van der Waals surface area contributed by atoms with Crippen LogP contribution in [0.15, 0.2) is 78.9 Å². The predicted molar refractivity (Wildman–Crippen MR) is 112 cm³/mol. The molecule has 0 fully saturated rings. The first kappa shape index (κ1) is 18.7. The molecule has 0 saturated heterocycles. The Morgan fingerprint density at radius 1 is 1.00 bits per heavy atom. The van der Waals surface area contributed by atoms with E-state index < -0.39 is 6.04 Å². The molecule has 1 aliphatic rings. The summed E-state index contributed by atoms with van der Waals surface area (Å²) in [4.78, 5) is 28.0. The molecule has 5 nitrogen and oxygen atoms in total. The smallest absolute Gasteiger partial charge is 0.255 e. The summed E-state index contributed by atoms with van der Waals surface area (Å²) < 4.78 is 5.35. The van der Waals surface area contributed by atoms with Crippen molar-refractivity contribution in [1.29, 1.82) is 0 Å². The minimum absolute atomic E-state index is 0.114. The average Bonchev–Trinajstić information content (AvgIpc) is 3.09. The van der Waals surface area contributed by atoms with Gasteiger partial charge >= 0.3 is 0 Å². The Bertz CT molecular complexity index is 1030. The van der Waals surface area contributed by atoms with Gasteiger partial charge in [0, 0.05) is 18.5 Å². The fraction of sp³-hybridized carbons (Fsp3) is 0.167. The number of carbonyl (C=O) groups is 2. The molecule has 0 unspecified atom stereocenters. The number of nitrogens with one attached hydrogen (secondary N) is 1. The van der Waals surface area contributed by atoms with E-state index in [9.17, 15) is 9.59 Å². The number of fused-ring (bicyclic) bond motifs is 1. The van der Waals surface area contributed by atoms with Gasteiger partial charge in [-0.25, -0.2) is 0 Å². The van der Waals surface area contributed by atoms with E-state index in [4.69, 9.17) is 4.74 Å². The molecular formula is C24H22N2O3. The summed E-state index contributed by atoms with van der Waals surface area (Å²) >= 11 is 0. The van der Waals surface area contributed by atoms with Gasteiger partial charge in [-0.05, 0) is 29.3 Å². The second kappa shape index (κ2) is 8.19. The summed E-state index contributed by atoms with van der Waals surface area (Å²) in [6.07, 6.45) is 0.432. The predicted octanol–water partition coefficient (Wildman–Crippen LogP) is 3.90. The maximum absolute atomic E-state index is 13.3. The van der Waals surface area contributed by atoms with E-state index in [-0.39, 0.29) is 11.8 Å². The van der Waals surface area contributed by atoms with Gasteiger partial charge in [-0.1, -0.05) is 60.7 Å². The van der Waals surface area contributed by atoms with Crippen LogP contribution in [0.4, 0.5) is 5.69 Å². The van der Waals surface area contributed by atoms with Gasteiger partial charge in [0.05, 0.1) is 12.8 Å². The van der Waals surface area contributed by atoms with E-state index in [1.165, 1.54) is 0 Å². The number of benzene rings is 3. The van der Waals surface area contributed by atoms with E-state index in [2.05, 4.69) is 5.32 Å². The Kier molecular flexibility index (Phi) is 5.29. The van der Waals surface area contributed by atoms with Crippen LogP contribution >= 0.6 is 0 Å². The van der Waals surface area contributed by atoms with Crippen LogP contribution in [0.5, 0.6) is 5.75 Å². The highest BCUT2D eigenvalue weighted by atomic mass is 16.5. The molecule has 5 heteroatoms. The van der Waals surface area contributed by atoms with Crippen molar-refractivity contribution in [2.75, 3.05) is 12.4 Å². The Balaban J connectivity index is 1.64. The van der Waals surface area contributed by atoms with Crippen LogP contribution < -0.4 is 10.1 Å². The molecule has 2 amide bonds. The van der Waals surface area contributed by atoms with Crippen LogP contribution in [-0.2, 0) is 17.8 Å². The van der Waals surface area contributed by atoms with Crippen molar-refractivity contribution in [1.82, 2.24) is 4.90 Å². The molecule has 4 rings (SSSR count). The molecule has 1 atom stereocenters. The van der Waals surface area contributed by atoms with Crippen LogP contribution in [-0.4, -0.2) is 29.9 Å². The second-order valence-electron chi connectivity index (χ2n) is 6.99.